The van der Waals surface area contributed by atoms with Crippen LogP contribution in [0.25, 0.3) is 0 Å². The van der Waals surface area contributed by atoms with Crippen molar-refractivity contribution in [1.82, 2.24) is 0 Å². The lowest BCUT2D eigenvalue weighted by atomic mass is 10.0. The number of rotatable bonds is 6. The predicted molar refractivity (Wildman–Crippen MR) is 45.3 cm³/mol. The van der Waals surface area contributed by atoms with Crippen molar-refractivity contribution in [2.45, 2.75) is 31.3 Å². The topological polar surface area (TPSA) is 76.0 Å². The summed E-state index contributed by atoms with van der Waals surface area (Å²) in [4.78, 5) is 10.4. The molecule has 0 unspecified atom stereocenters. The Labute approximate surface area is 80.1 Å². The summed E-state index contributed by atoms with van der Waals surface area (Å²) in [6.07, 6.45) is -4.40. The summed E-state index contributed by atoms with van der Waals surface area (Å²) in [5.74, 6) is 0. The summed E-state index contributed by atoms with van der Waals surface area (Å²) in [5, 5.41) is 18.6. The highest BCUT2D eigenvalue weighted by Crippen LogP contribution is 2.10. The first-order chi connectivity index (χ1) is 7.08. The van der Waals surface area contributed by atoms with Gasteiger partial charge in [0, 0.05) is 14.2 Å². The molecule has 78 valence electrons. The van der Waals surface area contributed by atoms with E-state index < -0.39 is 38.6 Å². The molecule has 0 aromatic carbocycles. The van der Waals surface area contributed by atoms with E-state index in [1.54, 1.807) is 0 Å². The molecule has 0 saturated heterocycles. The molecule has 4 atom stereocenters. The van der Waals surface area contributed by atoms with Gasteiger partial charge in [0.25, 0.3) is 0 Å². The van der Waals surface area contributed by atoms with E-state index in [0.29, 0.717) is 0 Å². The van der Waals surface area contributed by atoms with Gasteiger partial charge in [-0.25, -0.2) is 0 Å². The first-order valence-electron chi connectivity index (χ1n) is 5.13. The van der Waals surface area contributed by atoms with E-state index in [0.717, 1.165) is 0 Å². The molecule has 0 aromatic heterocycles. The van der Waals surface area contributed by atoms with Gasteiger partial charge in [0.1, 0.15) is 18.3 Å². The van der Waals surface area contributed by atoms with Crippen LogP contribution in [0.2, 0.25) is 0 Å². The smallest absolute Gasteiger partial charge is 0.151 e. The van der Waals surface area contributed by atoms with Crippen LogP contribution in [0.4, 0.5) is 0 Å². The summed E-state index contributed by atoms with van der Waals surface area (Å²) in [6, 6.07) is 0. The summed E-state index contributed by atoms with van der Waals surface area (Å²) in [7, 11) is -0.904. The fraction of sp³-hybridized carbons (Fsp3) is 0.875. The zero-order chi connectivity index (χ0) is 11.8. The highest BCUT2D eigenvalue weighted by atomic mass is 16.5. The maximum absolute atomic E-state index is 10.4. The standard InChI is InChI=1S/C8H16O5/c1-5(10)7(12-2)8(13-3)6(11)4-9/h4-8,10-11H,1-3H3/t5-,6+,7-,8-/m1/s1/i2D,3D. The van der Waals surface area contributed by atoms with Crippen LogP contribution in [0, 0.1) is 0 Å². The largest absolute Gasteiger partial charge is 0.391 e. The van der Waals surface area contributed by atoms with Crippen molar-refractivity contribution in [3.8, 4) is 0 Å². The van der Waals surface area contributed by atoms with Crippen LogP contribution >= 0.6 is 0 Å². The Bertz CT molecular complexity index is 178. The van der Waals surface area contributed by atoms with Gasteiger partial charge in [-0.1, -0.05) is 0 Å². The fourth-order valence-electron chi connectivity index (χ4n) is 0.974. The Hall–Kier alpha value is -0.490. The van der Waals surface area contributed by atoms with E-state index in [1.165, 1.54) is 6.92 Å². The molecule has 5 heteroatoms. The Balaban J connectivity index is 4.57. The fourth-order valence-corrected chi connectivity index (χ4v) is 0.974. The number of methoxy groups -OCH3 is 2. The second-order valence-corrected chi connectivity index (χ2v) is 2.63. The van der Waals surface area contributed by atoms with Gasteiger partial charge in [0.05, 0.1) is 8.85 Å². The summed E-state index contributed by atoms with van der Waals surface area (Å²) >= 11 is 0. The van der Waals surface area contributed by atoms with E-state index in [4.69, 9.17) is 12.2 Å². The van der Waals surface area contributed by atoms with Crippen molar-refractivity contribution in [3.05, 3.63) is 0 Å². The normalized spacial score (nSPS) is 22.4. The van der Waals surface area contributed by atoms with Crippen LogP contribution in [0.5, 0.6) is 0 Å². The maximum Gasteiger partial charge on any atom is 0.151 e. The summed E-state index contributed by atoms with van der Waals surface area (Å²) in [5.41, 5.74) is 0. The van der Waals surface area contributed by atoms with Crippen LogP contribution in [-0.4, -0.2) is 55.1 Å². The third kappa shape index (κ3) is 3.40. The number of aliphatic hydroxyl groups is 2. The number of carbonyl (C=O) groups is 1. The van der Waals surface area contributed by atoms with Crippen molar-refractivity contribution in [1.29, 1.82) is 0 Å². The van der Waals surface area contributed by atoms with Crippen LogP contribution in [0.15, 0.2) is 0 Å². The van der Waals surface area contributed by atoms with Crippen molar-refractivity contribution in [2.75, 3.05) is 14.2 Å². The zero-order valence-electron chi connectivity index (χ0n) is 9.42. The van der Waals surface area contributed by atoms with Gasteiger partial charge >= 0.3 is 0 Å². The SMILES string of the molecule is [2H]CO[C@@H]([C@H](OC[2H])[C@@H](O)C=O)[C@@H](C)O. The molecule has 0 spiro atoms. The summed E-state index contributed by atoms with van der Waals surface area (Å²) in [6.45, 7) is 1.39. The lowest BCUT2D eigenvalue weighted by molar-refractivity contribution is -0.144. The third-order valence-corrected chi connectivity index (χ3v) is 1.66. The van der Waals surface area contributed by atoms with Crippen molar-refractivity contribution < 1.29 is 27.2 Å². The predicted octanol–water partition coefficient (Wildman–Crippen LogP) is -1.04. The van der Waals surface area contributed by atoms with E-state index in [9.17, 15) is 15.0 Å². The minimum absolute atomic E-state index is 0.239. The molecule has 0 aliphatic carbocycles. The molecule has 0 bridgehead atoms. The first kappa shape index (κ1) is 9.08. The highest BCUT2D eigenvalue weighted by molar-refractivity contribution is 5.56. The number of carbonyl (C=O) groups excluding carboxylic acids is 1. The van der Waals surface area contributed by atoms with Gasteiger partial charge < -0.3 is 24.5 Å². The number of hydrogen-bond donors (Lipinski definition) is 2. The van der Waals surface area contributed by atoms with Crippen LogP contribution in [-0.2, 0) is 14.3 Å². The average molecular weight is 194 g/mol. The zero-order valence-corrected chi connectivity index (χ0v) is 7.42. The molecule has 0 rings (SSSR count). The molecule has 0 amide bonds. The molecule has 2 N–H and O–H groups in total. The molecule has 0 aliphatic heterocycles. The number of hydrogen-bond acceptors (Lipinski definition) is 5. The number of aldehydes is 1. The molecule has 0 radical (unpaired) electrons. The van der Waals surface area contributed by atoms with Crippen LogP contribution < -0.4 is 0 Å². The van der Waals surface area contributed by atoms with E-state index in [1.807, 2.05) is 0 Å². The molecule has 0 aliphatic rings. The first-order valence-corrected chi connectivity index (χ1v) is 3.71. The summed E-state index contributed by atoms with van der Waals surface area (Å²) < 4.78 is 23.3. The second-order valence-electron chi connectivity index (χ2n) is 2.63. The minimum Gasteiger partial charge on any atom is -0.391 e. The van der Waals surface area contributed by atoms with Crippen LogP contribution in [0.3, 0.4) is 0 Å². The quantitative estimate of drug-likeness (QED) is 0.528. The molecule has 13 heavy (non-hydrogen) atoms. The van der Waals surface area contributed by atoms with Gasteiger partial charge in [0.15, 0.2) is 6.29 Å². The molecular weight excluding hydrogens is 176 g/mol. The number of ether oxygens (including phenoxy) is 2. The minimum atomic E-state index is -1.48. The molecule has 0 saturated carbocycles. The van der Waals surface area contributed by atoms with Crippen molar-refractivity contribution in [3.63, 3.8) is 0 Å². The lowest BCUT2D eigenvalue weighted by Crippen LogP contribution is -2.46. The Morgan fingerprint density at radius 3 is 2.23 bits per heavy atom. The third-order valence-electron chi connectivity index (χ3n) is 1.66. The van der Waals surface area contributed by atoms with E-state index in [2.05, 4.69) is 0 Å². The lowest BCUT2D eigenvalue weighted by Gasteiger charge is -2.28. The average Bonchev–Trinajstić information content (AvgIpc) is 2.21. The monoisotopic (exact) mass is 194 g/mol. The van der Waals surface area contributed by atoms with Gasteiger partial charge in [-0.05, 0) is 6.92 Å². The maximum atomic E-state index is 10.4. The van der Waals surface area contributed by atoms with E-state index in [-0.39, 0.29) is 6.29 Å². The Morgan fingerprint density at radius 2 is 1.85 bits per heavy atom. The van der Waals surface area contributed by atoms with Crippen LogP contribution in [0.1, 0.15) is 9.67 Å². The molecule has 0 fully saturated rings. The van der Waals surface area contributed by atoms with Gasteiger partial charge in [-0.3, -0.25) is 0 Å². The van der Waals surface area contributed by atoms with Crippen molar-refractivity contribution >= 4 is 6.29 Å². The molecule has 5 nitrogen and oxygen atoms in total. The Morgan fingerprint density at radius 1 is 1.31 bits per heavy atom. The molecular formula is C8H16O5. The highest BCUT2D eigenvalue weighted by Gasteiger charge is 2.31. The molecule has 0 heterocycles. The van der Waals surface area contributed by atoms with Gasteiger partial charge in [0.2, 0.25) is 0 Å². The van der Waals surface area contributed by atoms with Gasteiger partial charge in [-0.15, -0.1) is 0 Å². The van der Waals surface area contributed by atoms with E-state index >= 15 is 0 Å². The number of aliphatic hydroxyl groups excluding tert-OH is 2. The van der Waals surface area contributed by atoms with Gasteiger partial charge in [-0.2, -0.15) is 0 Å². The van der Waals surface area contributed by atoms with Crippen molar-refractivity contribution in [2.24, 2.45) is 0 Å². The second kappa shape index (κ2) is 6.04. The molecule has 0 aromatic rings. The Kier molecular flexibility index (Phi) is 4.22.